The monoisotopic (exact) mass is 171 g/mol. The van der Waals surface area contributed by atoms with Gasteiger partial charge in [-0.15, -0.1) is 0 Å². The highest BCUT2D eigenvalue weighted by molar-refractivity contribution is 4.79. The van der Waals surface area contributed by atoms with E-state index in [2.05, 4.69) is 46.9 Å². The lowest BCUT2D eigenvalue weighted by Crippen LogP contribution is -2.46. The van der Waals surface area contributed by atoms with Crippen molar-refractivity contribution in [1.29, 1.82) is 0 Å². The van der Waals surface area contributed by atoms with Crippen LogP contribution in [0.2, 0.25) is 0 Å². The van der Waals surface area contributed by atoms with E-state index >= 15 is 0 Å². The fourth-order valence-corrected chi connectivity index (χ4v) is 1.49. The zero-order valence-electron chi connectivity index (χ0n) is 9.57. The Kier molecular flexibility index (Phi) is 4.84. The zero-order chi connectivity index (χ0) is 9.78. The molecule has 0 heterocycles. The summed E-state index contributed by atoms with van der Waals surface area (Å²) in [6.45, 7) is 13.5. The fourth-order valence-electron chi connectivity index (χ4n) is 1.49. The average Bonchev–Trinajstić information content (AvgIpc) is 1.97. The van der Waals surface area contributed by atoms with Gasteiger partial charge in [-0.05, 0) is 33.1 Å². The van der Waals surface area contributed by atoms with E-state index in [0.717, 1.165) is 5.92 Å². The first kappa shape index (κ1) is 12.0. The van der Waals surface area contributed by atoms with Crippen molar-refractivity contribution in [3.05, 3.63) is 0 Å². The third kappa shape index (κ3) is 4.76. The molecule has 1 unspecified atom stereocenters. The zero-order valence-corrected chi connectivity index (χ0v) is 9.57. The first-order chi connectivity index (χ1) is 5.40. The molecule has 0 aromatic heterocycles. The van der Waals surface area contributed by atoms with Gasteiger partial charge in [0.05, 0.1) is 0 Å². The molecular formula is C11H25N. The van der Waals surface area contributed by atoms with Gasteiger partial charge in [0.15, 0.2) is 0 Å². The van der Waals surface area contributed by atoms with Crippen LogP contribution in [0.15, 0.2) is 0 Å². The van der Waals surface area contributed by atoms with Crippen molar-refractivity contribution in [3.63, 3.8) is 0 Å². The Morgan fingerprint density at radius 1 is 1.08 bits per heavy atom. The van der Waals surface area contributed by atoms with Gasteiger partial charge in [0.25, 0.3) is 0 Å². The lowest BCUT2D eigenvalue weighted by Gasteiger charge is -2.31. The van der Waals surface area contributed by atoms with Gasteiger partial charge in [0.1, 0.15) is 0 Å². The molecule has 0 saturated heterocycles. The molecule has 0 aliphatic rings. The van der Waals surface area contributed by atoms with Gasteiger partial charge in [-0.3, -0.25) is 0 Å². The maximum absolute atomic E-state index is 3.66. The second-order valence-corrected chi connectivity index (χ2v) is 4.79. The van der Waals surface area contributed by atoms with Gasteiger partial charge in [-0.1, -0.05) is 27.2 Å². The highest BCUT2D eigenvalue weighted by Gasteiger charge is 2.19. The van der Waals surface area contributed by atoms with Crippen molar-refractivity contribution in [2.24, 2.45) is 5.92 Å². The molecule has 0 radical (unpaired) electrons. The summed E-state index contributed by atoms with van der Waals surface area (Å²) in [4.78, 5) is 0. The van der Waals surface area contributed by atoms with E-state index in [1.54, 1.807) is 0 Å². The SMILES string of the molecule is CCC(C)[C@@H](CC)NC(C)(C)C. The normalized spacial score (nSPS) is 17.5. The third-order valence-corrected chi connectivity index (χ3v) is 2.39. The van der Waals surface area contributed by atoms with Crippen LogP contribution in [0.5, 0.6) is 0 Å². The van der Waals surface area contributed by atoms with Crippen LogP contribution in [-0.4, -0.2) is 11.6 Å². The maximum Gasteiger partial charge on any atom is 0.00992 e. The van der Waals surface area contributed by atoms with Gasteiger partial charge in [0.2, 0.25) is 0 Å². The van der Waals surface area contributed by atoms with Crippen LogP contribution < -0.4 is 5.32 Å². The van der Waals surface area contributed by atoms with E-state index < -0.39 is 0 Å². The highest BCUT2D eigenvalue weighted by atomic mass is 15.0. The second-order valence-electron chi connectivity index (χ2n) is 4.79. The van der Waals surface area contributed by atoms with Crippen molar-refractivity contribution in [2.75, 3.05) is 0 Å². The van der Waals surface area contributed by atoms with Gasteiger partial charge >= 0.3 is 0 Å². The van der Waals surface area contributed by atoms with Gasteiger partial charge in [0, 0.05) is 11.6 Å². The smallest absolute Gasteiger partial charge is 0.00992 e. The predicted octanol–water partition coefficient (Wildman–Crippen LogP) is 3.20. The van der Waals surface area contributed by atoms with Crippen molar-refractivity contribution in [3.8, 4) is 0 Å². The summed E-state index contributed by atoms with van der Waals surface area (Å²) in [6.07, 6.45) is 2.49. The summed E-state index contributed by atoms with van der Waals surface area (Å²) in [5.41, 5.74) is 0.254. The average molecular weight is 171 g/mol. The van der Waals surface area contributed by atoms with Crippen LogP contribution >= 0.6 is 0 Å². The number of hydrogen-bond acceptors (Lipinski definition) is 1. The van der Waals surface area contributed by atoms with E-state index in [4.69, 9.17) is 0 Å². The molecule has 12 heavy (non-hydrogen) atoms. The molecule has 0 aromatic rings. The molecule has 0 rings (SSSR count). The number of hydrogen-bond donors (Lipinski definition) is 1. The first-order valence-corrected chi connectivity index (χ1v) is 5.18. The van der Waals surface area contributed by atoms with E-state index in [-0.39, 0.29) is 5.54 Å². The Bertz CT molecular complexity index is 113. The molecule has 0 aliphatic heterocycles. The molecule has 1 N–H and O–H groups in total. The molecule has 0 amide bonds. The van der Waals surface area contributed by atoms with E-state index in [1.807, 2.05) is 0 Å². The molecule has 1 nitrogen and oxygen atoms in total. The minimum absolute atomic E-state index is 0.254. The minimum atomic E-state index is 0.254. The molecule has 0 saturated carbocycles. The predicted molar refractivity (Wildman–Crippen MR) is 56.4 cm³/mol. The summed E-state index contributed by atoms with van der Waals surface area (Å²) in [5, 5.41) is 3.66. The van der Waals surface area contributed by atoms with Crippen LogP contribution in [0.4, 0.5) is 0 Å². The molecule has 0 bridgehead atoms. The minimum Gasteiger partial charge on any atom is -0.309 e. The van der Waals surface area contributed by atoms with Crippen molar-refractivity contribution in [1.82, 2.24) is 5.32 Å². The molecule has 0 spiro atoms. The molecule has 2 atom stereocenters. The largest absolute Gasteiger partial charge is 0.309 e. The molecule has 0 aromatic carbocycles. The summed E-state index contributed by atoms with van der Waals surface area (Å²) in [5.74, 6) is 0.786. The van der Waals surface area contributed by atoms with Crippen LogP contribution in [0, 0.1) is 5.92 Å². The number of nitrogens with one attached hydrogen (secondary N) is 1. The Hall–Kier alpha value is -0.0400. The lowest BCUT2D eigenvalue weighted by molar-refractivity contribution is 0.280. The molecular weight excluding hydrogens is 146 g/mol. The second kappa shape index (κ2) is 4.86. The van der Waals surface area contributed by atoms with Crippen LogP contribution in [0.3, 0.4) is 0 Å². The lowest BCUT2D eigenvalue weighted by atomic mass is 9.94. The van der Waals surface area contributed by atoms with E-state index in [0.29, 0.717) is 6.04 Å². The van der Waals surface area contributed by atoms with Crippen molar-refractivity contribution < 1.29 is 0 Å². The molecule has 1 heteroatoms. The Labute approximate surface area is 77.9 Å². The quantitative estimate of drug-likeness (QED) is 0.685. The van der Waals surface area contributed by atoms with Crippen molar-refractivity contribution >= 4 is 0 Å². The van der Waals surface area contributed by atoms with Gasteiger partial charge in [-0.2, -0.15) is 0 Å². The van der Waals surface area contributed by atoms with Crippen LogP contribution in [0.1, 0.15) is 54.4 Å². The van der Waals surface area contributed by atoms with E-state index in [1.165, 1.54) is 12.8 Å². The summed E-state index contributed by atoms with van der Waals surface area (Å²) in [7, 11) is 0. The van der Waals surface area contributed by atoms with Crippen LogP contribution in [0.25, 0.3) is 0 Å². The summed E-state index contributed by atoms with van der Waals surface area (Å²) >= 11 is 0. The first-order valence-electron chi connectivity index (χ1n) is 5.18. The Morgan fingerprint density at radius 3 is 1.83 bits per heavy atom. The molecule has 0 aliphatic carbocycles. The fraction of sp³-hybridized carbons (Fsp3) is 1.00. The maximum atomic E-state index is 3.66. The standard InChI is InChI=1S/C11H25N/c1-7-9(3)10(8-2)12-11(4,5)6/h9-10,12H,7-8H2,1-6H3/t9?,10-/m1/s1. The van der Waals surface area contributed by atoms with Gasteiger partial charge in [-0.25, -0.2) is 0 Å². The Balaban J connectivity index is 3.99. The molecule has 0 fully saturated rings. The van der Waals surface area contributed by atoms with Crippen LogP contribution in [-0.2, 0) is 0 Å². The summed E-state index contributed by atoms with van der Waals surface area (Å²) in [6, 6.07) is 0.676. The van der Waals surface area contributed by atoms with E-state index in [9.17, 15) is 0 Å². The molecule has 74 valence electrons. The topological polar surface area (TPSA) is 12.0 Å². The van der Waals surface area contributed by atoms with Gasteiger partial charge < -0.3 is 5.32 Å². The summed E-state index contributed by atoms with van der Waals surface area (Å²) < 4.78 is 0. The number of rotatable bonds is 4. The third-order valence-electron chi connectivity index (χ3n) is 2.39. The highest BCUT2D eigenvalue weighted by Crippen LogP contribution is 2.14. The Morgan fingerprint density at radius 2 is 1.58 bits per heavy atom. The van der Waals surface area contributed by atoms with Crippen molar-refractivity contribution in [2.45, 2.75) is 66.0 Å².